The summed E-state index contributed by atoms with van der Waals surface area (Å²) in [6.07, 6.45) is 6.64. The Morgan fingerprint density at radius 3 is 2.46 bits per heavy atom. The number of rotatable bonds is 4. The Kier molecular flexibility index (Phi) is 6.09. The zero-order valence-electron chi connectivity index (χ0n) is 14.7. The van der Waals surface area contributed by atoms with Crippen LogP contribution in [0.5, 0.6) is 0 Å². The molecule has 1 saturated carbocycles. The summed E-state index contributed by atoms with van der Waals surface area (Å²) in [5.74, 6) is 0. The van der Waals surface area contributed by atoms with E-state index in [-0.39, 0.29) is 0 Å². The number of hydrogen-bond donors (Lipinski definition) is 3. The highest BCUT2D eigenvalue weighted by atomic mass is 32.1. The highest BCUT2D eigenvalue weighted by Gasteiger charge is 2.42. The first-order chi connectivity index (χ1) is 11.7. The zero-order chi connectivity index (χ0) is 16.8. The molecule has 0 unspecified atom stereocenters. The van der Waals surface area contributed by atoms with Gasteiger partial charge in [0.25, 0.3) is 0 Å². The molecule has 2 aliphatic rings. The van der Waals surface area contributed by atoms with Gasteiger partial charge in [-0.1, -0.05) is 24.1 Å². The summed E-state index contributed by atoms with van der Waals surface area (Å²) in [7, 11) is 0. The number of aryl methyl sites for hydroxylation is 1. The summed E-state index contributed by atoms with van der Waals surface area (Å²) in [6.45, 7) is 7.09. The molecule has 3 rings (SSSR count). The Labute approximate surface area is 150 Å². The predicted molar refractivity (Wildman–Crippen MR) is 103 cm³/mol. The monoisotopic (exact) mass is 348 g/mol. The molecule has 3 N–H and O–H groups in total. The van der Waals surface area contributed by atoms with Crippen LogP contribution in [0.2, 0.25) is 0 Å². The Morgan fingerprint density at radius 2 is 1.79 bits per heavy atom. The summed E-state index contributed by atoms with van der Waals surface area (Å²) in [5, 5.41) is 7.56. The highest BCUT2D eigenvalue weighted by molar-refractivity contribution is 7.80. The average molecular weight is 349 g/mol. The zero-order valence-corrected chi connectivity index (χ0v) is 15.5. The maximum absolute atomic E-state index is 5.57. The molecule has 1 saturated heterocycles. The summed E-state index contributed by atoms with van der Waals surface area (Å²) in [6, 6.07) is 8.36. The Bertz CT molecular complexity index is 534. The number of thiocarbonyl (C=S) groups is 1. The molecule has 0 atom stereocenters. The van der Waals surface area contributed by atoms with Gasteiger partial charge in [-0.25, -0.2) is 0 Å². The molecule has 1 aliphatic heterocycles. The Hall–Kier alpha value is -1.17. The van der Waals surface area contributed by atoms with Crippen LogP contribution in [0.25, 0.3) is 0 Å². The van der Waals surface area contributed by atoms with E-state index >= 15 is 0 Å². The fraction of sp³-hybridized carbons (Fsp3) is 0.632. The van der Waals surface area contributed by atoms with Crippen molar-refractivity contribution >= 4 is 23.0 Å². The minimum atomic E-state index is 0.320. The number of benzene rings is 1. The van der Waals surface area contributed by atoms with Gasteiger partial charge in [0.05, 0.1) is 19.8 Å². The second-order valence-electron chi connectivity index (χ2n) is 7.23. The van der Waals surface area contributed by atoms with Crippen LogP contribution in [0.3, 0.4) is 0 Å². The predicted octanol–water partition coefficient (Wildman–Crippen LogP) is 1.90. The van der Waals surface area contributed by atoms with Crippen molar-refractivity contribution in [3.8, 4) is 0 Å². The van der Waals surface area contributed by atoms with Crippen molar-refractivity contribution < 1.29 is 9.64 Å². The van der Waals surface area contributed by atoms with Gasteiger partial charge >= 0.3 is 0 Å². The van der Waals surface area contributed by atoms with Crippen LogP contribution < -0.4 is 15.5 Å². The molecule has 5 heteroatoms. The lowest BCUT2D eigenvalue weighted by atomic mass is 9.80. The first-order valence-electron chi connectivity index (χ1n) is 9.22. The van der Waals surface area contributed by atoms with Crippen molar-refractivity contribution in [2.75, 3.05) is 38.2 Å². The van der Waals surface area contributed by atoms with Crippen LogP contribution in [0.15, 0.2) is 24.3 Å². The van der Waals surface area contributed by atoms with Gasteiger partial charge in [-0.15, -0.1) is 0 Å². The number of nitrogens with one attached hydrogen (secondary N) is 3. The molecule has 1 aromatic rings. The SMILES string of the molecule is Cc1ccc(NC(=S)NCC2([NH+]3CCOCC3)CCCCC2)cc1. The summed E-state index contributed by atoms with van der Waals surface area (Å²) < 4.78 is 5.57. The van der Waals surface area contributed by atoms with Gasteiger partial charge in [0.2, 0.25) is 0 Å². The second-order valence-corrected chi connectivity index (χ2v) is 7.64. The van der Waals surface area contributed by atoms with Crippen molar-refractivity contribution in [1.82, 2.24) is 5.32 Å². The normalized spacial score (nSPS) is 21.2. The van der Waals surface area contributed by atoms with Gasteiger partial charge < -0.3 is 20.3 Å². The van der Waals surface area contributed by atoms with Gasteiger partial charge in [-0.3, -0.25) is 0 Å². The summed E-state index contributed by atoms with van der Waals surface area (Å²) in [4.78, 5) is 1.71. The van der Waals surface area contributed by atoms with E-state index in [1.807, 2.05) is 0 Å². The molecular weight excluding hydrogens is 318 g/mol. The number of ether oxygens (including phenoxy) is 1. The number of morpholine rings is 1. The van der Waals surface area contributed by atoms with Crippen LogP contribution in [0, 0.1) is 6.92 Å². The highest BCUT2D eigenvalue weighted by Crippen LogP contribution is 2.25. The van der Waals surface area contributed by atoms with Crippen LogP contribution in [0.4, 0.5) is 5.69 Å². The van der Waals surface area contributed by atoms with Crippen molar-refractivity contribution in [3.63, 3.8) is 0 Å². The molecule has 0 aromatic heterocycles. The van der Waals surface area contributed by atoms with Crippen LogP contribution in [0.1, 0.15) is 37.7 Å². The largest absolute Gasteiger partial charge is 0.370 e. The Morgan fingerprint density at radius 1 is 1.12 bits per heavy atom. The molecule has 0 bridgehead atoms. The van der Waals surface area contributed by atoms with Gasteiger partial charge in [0, 0.05) is 18.5 Å². The van der Waals surface area contributed by atoms with E-state index < -0.39 is 0 Å². The van der Waals surface area contributed by atoms with E-state index in [1.165, 1.54) is 37.7 Å². The standard InChI is InChI=1S/C19H29N3OS/c1-16-5-7-17(8-6-16)21-18(24)20-15-19(9-3-2-4-10-19)22-11-13-23-14-12-22/h5-8H,2-4,9-15H2,1H3,(H2,20,21,24)/p+1. The average Bonchev–Trinajstić information content (AvgIpc) is 2.63. The third-order valence-corrected chi connectivity index (χ3v) is 5.80. The van der Waals surface area contributed by atoms with E-state index in [0.29, 0.717) is 5.54 Å². The molecule has 1 aliphatic carbocycles. The topological polar surface area (TPSA) is 37.7 Å². The van der Waals surface area contributed by atoms with Crippen LogP contribution in [-0.4, -0.2) is 43.5 Å². The van der Waals surface area contributed by atoms with Crippen molar-refractivity contribution in [3.05, 3.63) is 29.8 Å². The molecule has 1 aromatic carbocycles. The van der Waals surface area contributed by atoms with Gasteiger partial charge in [0.1, 0.15) is 18.6 Å². The first kappa shape index (κ1) is 17.6. The number of quaternary nitrogens is 1. The molecule has 132 valence electrons. The lowest BCUT2D eigenvalue weighted by molar-refractivity contribution is -0.960. The molecule has 2 fully saturated rings. The fourth-order valence-electron chi connectivity index (χ4n) is 4.09. The molecule has 4 nitrogen and oxygen atoms in total. The lowest BCUT2D eigenvalue weighted by Gasteiger charge is -2.45. The van der Waals surface area contributed by atoms with Crippen molar-refractivity contribution in [2.45, 2.75) is 44.6 Å². The maximum Gasteiger partial charge on any atom is 0.171 e. The molecule has 24 heavy (non-hydrogen) atoms. The second kappa shape index (κ2) is 8.28. The van der Waals surface area contributed by atoms with Crippen molar-refractivity contribution in [1.29, 1.82) is 0 Å². The van der Waals surface area contributed by atoms with E-state index in [2.05, 4.69) is 41.8 Å². The lowest BCUT2D eigenvalue weighted by Crippen LogP contribution is -3.23. The molecule has 0 amide bonds. The van der Waals surface area contributed by atoms with Gasteiger partial charge in [-0.2, -0.15) is 0 Å². The maximum atomic E-state index is 5.57. The van der Waals surface area contributed by atoms with E-state index in [0.717, 1.165) is 43.6 Å². The third-order valence-electron chi connectivity index (χ3n) is 5.55. The Balaban J connectivity index is 1.58. The number of hydrogen-bond acceptors (Lipinski definition) is 2. The molecule has 1 heterocycles. The van der Waals surface area contributed by atoms with E-state index in [1.54, 1.807) is 4.90 Å². The van der Waals surface area contributed by atoms with Crippen molar-refractivity contribution in [2.24, 2.45) is 0 Å². The summed E-state index contributed by atoms with van der Waals surface area (Å²) >= 11 is 5.53. The van der Waals surface area contributed by atoms with Gasteiger partial charge in [-0.05, 0) is 44.1 Å². The minimum Gasteiger partial charge on any atom is -0.370 e. The number of anilines is 1. The smallest absolute Gasteiger partial charge is 0.171 e. The summed E-state index contributed by atoms with van der Waals surface area (Å²) in [5.41, 5.74) is 2.63. The molecule has 0 spiro atoms. The van der Waals surface area contributed by atoms with Gasteiger partial charge in [0.15, 0.2) is 5.11 Å². The minimum absolute atomic E-state index is 0.320. The van der Waals surface area contributed by atoms with Crippen LogP contribution in [-0.2, 0) is 4.74 Å². The third kappa shape index (κ3) is 4.47. The quantitative estimate of drug-likeness (QED) is 0.727. The van der Waals surface area contributed by atoms with E-state index in [9.17, 15) is 0 Å². The fourth-order valence-corrected chi connectivity index (χ4v) is 4.28. The molecule has 0 radical (unpaired) electrons. The van der Waals surface area contributed by atoms with Crippen LogP contribution >= 0.6 is 12.2 Å². The van der Waals surface area contributed by atoms with E-state index in [4.69, 9.17) is 17.0 Å². The molecular formula is C19H30N3OS+. The first-order valence-corrected chi connectivity index (χ1v) is 9.63.